The largest absolute Gasteiger partial charge is 0.507 e. The number of allylic oxidation sites excluding steroid dienone is 5. The fourth-order valence-corrected chi connectivity index (χ4v) is 2.18. The maximum atomic E-state index is 10.1. The van der Waals surface area contributed by atoms with Gasteiger partial charge in [-0.1, -0.05) is 48.0 Å². The zero-order valence-electron chi connectivity index (χ0n) is 12.8. The molecule has 0 atom stereocenters. The van der Waals surface area contributed by atoms with E-state index in [-0.39, 0.29) is 5.75 Å². The van der Waals surface area contributed by atoms with Crippen molar-refractivity contribution in [3.8, 4) is 5.75 Å². The van der Waals surface area contributed by atoms with Crippen molar-refractivity contribution >= 4 is 22.6 Å². The first kappa shape index (κ1) is 16.2. The number of aliphatic imine (C=N–C) groups is 2. The summed E-state index contributed by atoms with van der Waals surface area (Å²) in [7, 11) is 0. The van der Waals surface area contributed by atoms with E-state index in [4.69, 9.17) is 11.6 Å². The number of para-hydroxylation sites is 1. The summed E-state index contributed by atoms with van der Waals surface area (Å²) in [5, 5.41) is 10.4. The SMILES string of the molecule is CC(Cl)=NC(=N/C1=C(\C)CC=C/C=C\C1)c1ccccc1O. The fraction of sp³-hybridized carbons (Fsp3) is 0.222. The number of phenols is 1. The molecule has 0 heterocycles. The molecule has 0 saturated carbocycles. The molecule has 0 saturated heterocycles. The lowest BCUT2D eigenvalue weighted by Crippen LogP contribution is -2.02. The van der Waals surface area contributed by atoms with Gasteiger partial charge >= 0.3 is 0 Å². The highest BCUT2D eigenvalue weighted by Gasteiger charge is 2.10. The third kappa shape index (κ3) is 4.43. The Bertz CT molecular complexity index is 693. The second-order valence-corrected chi connectivity index (χ2v) is 5.60. The molecule has 2 rings (SSSR count). The van der Waals surface area contributed by atoms with Gasteiger partial charge in [0.05, 0.1) is 5.56 Å². The molecule has 0 aliphatic heterocycles. The summed E-state index contributed by atoms with van der Waals surface area (Å²) in [4.78, 5) is 8.96. The van der Waals surface area contributed by atoms with Crippen LogP contribution >= 0.6 is 11.6 Å². The molecule has 0 spiro atoms. The van der Waals surface area contributed by atoms with Gasteiger partial charge in [0.2, 0.25) is 0 Å². The zero-order chi connectivity index (χ0) is 15.9. The van der Waals surface area contributed by atoms with Crippen LogP contribution in [0.5, 0.6) is 5.75 Å². The first-order valence-corrected chi connectivity index (χ1v) is 7.54. The van der Waals surface area contributed by atoms with Crippen LogP contribution in [0.25, 0.3) is 0 Å². The third-order valence-electron chi connectivity index (χ3n) is 3.26. The second-order valence-electron chi connectivity index (χ2n) is 5.05. The van der Waals surface area contributed by atoms with E-state index in [1.807, 2.05) is 18.2 Å². The standard InChI is InChI=1S/C18H19ClN2O/c1-13-9-5-3-4-6-11-16(13)21-18(20-14(2)19)15-10-7-8-12-17(15)22/h3-8,10,12,22H,9,11H2,1-2H3/b5-3?,6-4-,16-13+,20-14?,21-18?. The lowest BCUT2D eigenvalue weighted by atomic mass is 10.1. The molecule has 0 amide bonds. The van der Waals surface area contributed by atoms with Gasteiger partial charge in [0.15, 0.2) is 5.84 Å². The van der Waals surface area contributed by atoms with Gasteiger partial charge in [-0.15, -0.1) is 0 Å². The lowest BCUT2D eigenvalue weighted by Gasteiger charge is -2.09. The van der Waals surface area contributed by atoms with Crippen LogP contribution in [-0.2, 0) is 0 Å². The molecule has 1 aromatic carbocycles. The molecule has 0 aromatic heterocycles. The van der Waals surface area contributed by atoms with Gasteiger partial charge in [0.25, 0.3) is 0 Å². The molecule has 3 nitrogen and oxygen atoms in total. The smallest absolute Gasteiger partial charge is 0.164 e. The zero-order valence-corrected chi connectivity index (χ0v) is 13.5. The number of aromatic hydroxyl groups is 1. The average Bonchev–Trinajstić information content (AvgIpc) is 2.46. The van der Waals surface area contributed by atoms with Crippen LogP contribution in [0.4, 0.5) is 0 Å². The summed E-state index contributed by atoms with van der Waals surface area (Å²) in [5.41, 5.74) is 2.70. The molecule has 114 valence electrons. The predicted octanol–water partition coefficient (Wildman–Crippen LogP) is 4.98. The van der Waals surface area contributed by atoms with E-state index in [1.54, 1.807) is 25.1 Å². The highest BCUT2D eigenvalue weighted by atomic mass is 35.5. The summed E-state index contributed by atoms with van der Waals surface area (Å²) in [6.45, 7) is 3.75. The maximum absolute atomic E-state index is 10.1. The van der Waals surface area contributed by atoms with Gasteiger partial charge < -0.3 is 5.11 Å². The normalized spacial score (nSPS) is 21.4. The molecule has 4 heteroatoms. The molecule has 22 heavy (non-hydrogen) atoms. The number of phenolic OH excluding ortho intramolecular Hbond substituents is 1. The second kappa shape index (κ2) is 7.76. The quantitative estimate of drug-likeness (QED) is 0.607. The van der Waals surface area contributed by atoms with Crippen molar-refractivity contribution in [2.75, 3.05) is 0 Å². The Morgan fingerprint density at radius 1 is 1.14 bits per heavy atom. The third-order valence-corrected chi connectivity index (χ3v) is 3.34. The minimum Gasteiger partial charge on any atom is -0.507 e. The van der Waals surface area contributed by atoms with Crippen LogP contribution in [-0.4, -0.2) is 16.1 Å². The van der Waals surface area contributed by atoms with Crippen LogP contribution in [0.15, 0.2) is 69.8 Å². The van der Waals surface area contributed by atoms with Crippen LogP contribution < -0.4 is 0 Å². The van der Waals surface area contributed by atoms with Crippen molar-refractivity contribution in [3.05, 3.63) is 65.4 Å². The molecule has 0 radical (unpaired) electrons. The Morgan fingerprint density at radius 2 is 1.82 bits per heavy atom. The molecule has 0 bridgehead atoms. The highest BCUT2D eigenvalue weighted by molar-refractivity contribution is 6.65. The topological polar surface area (TPSA) is 45.0 Å². The summed E-state index contributed by atoms with van der Waals surface area (Å²) in [6.07, 6.45) is 9.77. The van der Waals surface area contributed by atoms with Gasteiger partial charge in [0.1, 0.15) is 10.9 Å². The van der Waals surface area contributed by atoms with Crippen molar-refractivity contribution in [1.82, 2.24) is 0 Å². The van der Waals surface area contributed by atoms with Crippen molar-refractivity contribution in [2.45, 2.75) is 26.7 Å². The van der Waals surface area contributed by atoms with Crippen molar-refractivity contribution in [3.63, 3.8) is 0 Å². The average molecular weight is 315 g/mol. The first-order valence-electron chi connectivity index (χ1n) is 7.16. The van der Waals surface area contributed by atoms with E-state index in [9.17, 15) is 5.11 Å². The van der Waals surface area contributed by atoms with Gasteiger partial charge in [0, 0.05) is 12.1 Å². The van der Waals surface area contributed by atoms with E-state index in [0.29, 0.717) is 16.6 Å². The van der Waals surface area contributed by atoms with Crippen molar-refractivity contribution in [1.29, 1.82) is 0 Å². The van der Waals surface area contributed by atoms with Crippen LogP contribution in [0.3, 0.4) is 0 Å². The molecule has 1 aromatic rings. The molecule has 0 unspecified atom stereocenters. The van der Waals surface area contributed by atoms with Crippen LogP contribution in [0.1, 0.15) is 32.3 Å². The monoisotopic (exact) mass is 314 g/mol. The van der Waals surface area contributed by atoms with E-state index in [2.05, 4.69) is 29.1 Å². The van der Waals surface area contributed by atoms with Crippen molar-refractivity contribution < 1.29 is 5.11 Å². The van der Waals surface area contributed by atoms with Crippen molar-refractivity contribution in [2.24, 2.45) is 9.98 Å². The summed E-state index contributed by atoms with van der Waals surface area (Å²) >= 11 is 5.93. The van der Waals surface area contributed by atoms with Gasteiger partial charge in [-0.25, -0.2) is 9.98 Å². The number of nitrogens with zero attached hydrogens (tertiary/aromatic N) is 2. The summed E-state index contributed by atoms with van der Waals surface area (Å²) in [6, 6.07) is 7.01. The number of halogens is 1. The molecule has 1 aliphatic carbocycles. The number of rotatable bonds is 2. The van der Waals surface area contributed by atoms with E-state index < -0.39 is 0 Å². The van der Waals surface area contributed by atoms with E-state index in [0.717, 1.165) is 18.5 Å². The number of benzene rings is 1. The van der Waals surface area contributed by atoms with E-state index in [1.165, 1.54) is 5.57 Å². The summed E-state index contributed by atoms with van der Waals surface area (Å²) < 4.78 is 0. The molecule has 0 fully saturated rings. The van der Waals surface area contributed by atoms with Gasteiger partial charge in [-0.05, 0) is 38.0 Å². The molecule has 1 aliphatic rings. The van der Waals surface area contributed by atoms with Gasteiger partial charge in [-0.2, -0.15) is 0 Å². The Labute approximate surface area is 136 Å². The summed E-state index contributed by atoms with van der Waals surface area (Å²) in [5.74, 6) is 0.570. The van der Waals surface area contributed by atoms with E-state index >= 15 is 0 Å². The molecular formula is C18H19ClN2O. The molecular weight excluding hydrogens is 296 g/mol. The maximum Gasteiger partial charge on any atom is 0.164 e. The lowest BCUT2D eigenvalue weighted by molar-refractivity contribution is 0.474. The Morgan fingerprint density at radius 3 is 2.50 bits per heavy atom. The predicted molar refractivity (Wildman–Crippen MR) is 93.8 cm³/mol. The number of hydrogen-bond donors (Lipinski definition) is 1. The number of hydrogen-bond acceptors (Lipinski definition) is 2. The minimum absolute atomic E-state index is 0.141. The minimum atomic E-state index is 0.141. The molecule has 1 N–H and O–H groups in total. The van der Waals surface area contributed by atoms with Crippen LogP contribution in [0.2, 0.25) is 0 Å². The number of amidine groups is 1. The van der Waals surface area contributed by atoms with Crippen LogP contribution in [0, 0.1) is 0 Å². The highest BCUT2D eigenvalue weighted by Crippen LogP contribution is 2.22. The fourth-order valence-electron chi connectivity index (χ4n) is 2.10. The van der Waals surface area contributed by atoms with Gasteiger partial charge in [-0.3, -0.25) is 0 Å². The first-order chi connectivity index (χ1) is 10.6. The Hall–Kier alpha value is -2.13. The Kier molecular flexibility index (Phi) is 5.73. The Balaban J connectivity index is 2.52.